The summed E-state index contributed by atoms with van der Waals surface area (Å²) in [7, 11) is 1.98. The van der Waals surface area contributed by atoms with Crippen molar-refractivity contribution in [3.8, 4) is 0 Å². The van der Waals surface area contributed by atoms with Crippen molar-refractivity contribution < 1.29 is 9.53 Å². The van der Waals surface area contributed by atoms with Crippen LogP contribution in [0.4, 0.5) is 4.79 Å². The maximum absolute atomic E-state index is 10.9. The molecule has 4 heteroatoms. The number of hydrogen-bond donors (Lipinski definition) is 1. The Balaban J connectivity index is 2.24. The molecule has 15 heavy (non-hydrogen) atoms. The number of ether oxygens (including phenoxy) is 1. The maximum atomic E-state index is 10.9. The molecule has 0 atom stereocenters. The highest BCUT2D eigenvalue weighted by Gasteiger charge is 2.46. The quantitative estimate of drug-likeness (QED) is 0.783. The summed E-state index contributed by atoms with van der Waals surface area (Å²) in [5.41, 5.74) is 5.55. The van der Waals surface area contributed by atoms with E-state index in [0.29, 0.717) is 13.1 Å². The molecule has 0 aromatic heterocycles. The Labute approximate surface area is 88.6 Å². The minimum atomic E-state index is -0.716. The first-order valence-electron chi connectivity index (χ1n) is 4.85. The molecule has 2 rings (SSSR count). The minimum Gasteiger partial charge on any atom is -0.435 e. The lowest BCUT2D eigenvalue weighted by atomic mass is 9.86. The molecule has 1 fully saturated rings. The highest BCUT2D eigenvalue weighted by Crippen LogP contribution is 2.34. The molecule has 1 aliphatic heterocycles. The Morgan fingerprint density at radius 1 is 1.40 bits per heavy atom. The van der Waals surface area contributed by atoms with Gasteiger partial charge in [0.15, 0.2) is 5.60 Å². The van der Waals surface area contributed by atoms with E-state index in [-0.39, 0.29) is 0 Å². The molecule has 2 N–H and O–H groups in total. The Kier molecular flexibility index (Phi) is 2.36. The summed E-state index contributed by atoms with van der Waals surface area (Å²) in [6.07, 6.45) is -0.716. The van der Waals surface area contributed by atoms with E-state index in [1.807, 2.05) is 37.4 Å². The summed E-state index contributed by atoms with van der Waals surface area (Å²) >= 11 is 0. The third-order valence-electron chi connectivity index (χ3n) is 2.65. The first-order chi connectivity index (χ1) is 7.12. The standard InChI is InChI=1S/C11H14N2O2/c1-13-7-11(8-13,15-10(12)14)9-5-3-2-4-6-9/h2-6H,7-8H2,1H3,(H2,12,14). The van der Waals surface area contributed by atoms with Crippen LogP contribution >= 0.6 is 0 Å². The average molecular weight is 206 g/mol. The highest BCUT2D eigenvalue weighted by molar-refractivity contribution is 5.65. The van der Waals surface area contributed by atoms with Crippen LogP contribution in [0.1, 0.15) is 5.56 Å². The van der Waals surface area contributed by atoms with Crippen molar-refractivity contribution in [2.24, 2.45) is 5.73 Å². The van der Waals surface area contributed by atoms with Crippen molar-refractivity contribution in [2.75, 3.05) is 20.1 Å². The predicted octanol–water partition coefficient (Wildman–Crippen LogP) is 0.923. The molecule has 0 aliphatic carbocycles. The number of rotatable bonds is 2. The number of hydrogen-bond acceptors (Lipinski definition) is 3. The van der Waals surface area contributed by atoms with E-state index in [1.165, 1.54) is 0 Å². The number of amides is 1. The number of likely N-dealkylation sites (tertiary alicyclic amines) is 1. The van der Waals surface area contributed by atoms with Gasteiger partial charge in [0.1, 0.15) is 0 Å². The first kappa shape index (κ1) is 9.98. The van der Waals surface area contributed by atoms with Crippen LogP contribution < -0.4 is 5.73 Å². The van der Waals surface area contributed by atoms with Gasteiger partial charge in [-0.1, -0.05) is 30.3 Å². The highest BCUT2D eigenvalue weighted by atomic mass is 16.6. The van der Waals surface area contributed by atoms with Crippen LogP contribution in [0.5, 0.6) is 0 Å². The normalized spacial score (nSPS) is 19.3. The van der Waals surface area contributed by atoms with Gasteiger partial charge in [0.25, 0.3) is 0 Å². The molecular formula is C11H14N2O2. The Morgan fingerprint density at radius 2 is 2.00 bits per heavy atom. The van der Waals surface area contributed by atoms with Gasteiger partial charge in [-0.05, 0) is 12.6 Å². The van der Waals surface area contributed by atoms with E-state index in [9.17, 15) is 4.79 Å². The van der Waals surface area contributed by atoms with Crippen molar-refractivity contribution in [2.45, 2.75) is 5.60 Å². The fourth-order valence-electron chi connectivity index (χ4n) is 2.07. The lowest BCUT2D eigenvalue weighted by molar-refractivity contribution is -0.0956. The van der Waals surface area contributed by atoms with Crippen LogP contribution in [0.15, 0.2) is 30.3 Å². The fraction of sp³-hybridized carbons (Fsp3) is 0.364. The first-order valence-corrected chi connectivity index (χ1v) is 4.85. The Morgan fingerprint density at radius 3 is 2.47 bits per heavy atom. The predicted molar refractivity (Wildman–Crippen MR) is 56.3 cm³/mol. The molecule has 0 radical (unpaired) electrons. The zero-order valence-electron chi connectivity index (χ0n) is 8.64. The van der Waals surface area contributed by atoms with Gasteiger partial charge < -0.3 is 10.5 Å². The van der Waals surface area contributed by atoms with Crippen molar-refractivity contribution in [1.82, 2.24) is 4.90 Å². The molecule has 1 aromatic carbocycles. The molecule has 1 saturated heterocycles. The van der Waals surface area contributed by atoms with Crippen LogP contribution in [-0.4, -0.2) is 31.1 Å². The van der Waals surface area contributed by atoms with E-state index >= 15 is 0 Å². The Hall–Kier alpha value is -1.55. The molecule has 1 aliphatic rings. The lowest BCUT2D eigenvalue weighted by Crippen LogP contribution is -2.60. The van der Waals surface area contributed by atoms with Crippen LogP contribution in [0.2, 0.25) is 0 Å². The molecule has 1 heterocycles. The van der Waals surface area contributed by atoms with Crippen molar-refractivity contribution in [3.63, 3.8) is 0 Å². The molecule has 0 saturated carbocycles. The lowest BCUT2D eigenvalue weighted by Gasteiger charge is -2.47. The van der Waals surface area contributed by atoms with Gasteiger partial charge in [-0.25, -0.2) is 4.79 Å². The van der Waals surface area contributed by atoms with Crippen molar-refractivity contribution >= 4 is 6.09 Å². The van der Waals surface area contributed by atoms with Crippen LogP contribution in [0.3, 0.4) is 0 Å². The third-order valence-corrected chi connectivity index (χ3v) is 2.65. The monoisotopic (exact) mass is 206 g/mol. The van der Waals surface area contributed by atoms with E-state index in [4.69, 9.17) is 10.5 Å². The molecule has 1 aromatic rings. The molecule has 1 amide bonds. The van der Waals surface area contributed by atoms with Gasteiger partial charge in [-0.2, -0.15) is 0 Å². The molecule has 0 bridgehead atoms. The number of carbonyl (C=O) groups is 1. The zero-order valence-corrected chi connectivity index (χ0v) is 8.64. The smallest absolute Gasteiger partial charge is 0.405 e. The van der Waals surface area contributed by atoms with E-state index in [0.717, 1.165) is 5.56 Å². The molecule has 0 spiro atoms. The van der Waals surface area contributed by atoms with Crippen LogP contribution in [0.25, 0.3) is 0 Å². The summed E-state index contributed by atoms with van der Waals surface area (Å²) < 4.78 is 5.23. The number of primary amides is 1. The van der Waals surface area contributed by atoms with Crippen molar-refractivity contribution in [3.05, 3.63) is 35.9 Å². The minimum absolute atomic E-state index is 0.540. The fourth-order valence-corrected chi connectivity index (χ4v) is 2.07. The number of carbonyl (C=O) groups excluding carboxylic acids is 1. The molecule has 80 valence electrons. The summed E-state index contributed by atoms with van der Waals surface area (Å²) in [5, 5.41) is 0. The van der Waals surface area contributed by atoms with E-state index in [1.54, 1.807) is 0 Å². The zero-order chi connectivity index (χ0) is 10.9. The molecule has 0 unspecified atom stereocenters. The second-order valence-electron chi connectivity index (χ2n) is 3.95. The maximum Gasteiger partial charge on any atom is 0.405 e. The average Bonchev–Trinajstić information content (AvgIpc) is 2.15. The second-order valence-corrected chi connectivity index (χ2v) is 3.95. The van der Waals surface area contributed by atoms with Gasteiger partial charge in [-0.3, -0.25) is 4.90 Å². The van der Waals surface area contributed by atoms with Crippen molar-refractivity contribution in [1.29, 1.82) is 0 Å². The third kappa shape index (κ3) is 1.80. The number of likely N-dealkylation sites (N-methyl/N-ethyl adjacent to an activating group) is 1. The largest absolute Gasteiger partial charge is 0.435 e. The Bertz CT molecular complexity index is 358. The van der Waals surface area contributed by atoms with Crippen LogP contribution in [-0.2, 0) is 10.3 Å². The van der Waals surface area contributed by atoms with Gasteiger partial charge >= 0.3 is 6.09 Å². The topological polar surface area (TPSA) is 55.6 Å². The second kappa shape index (κ2) is 3.55. The van der Waals surface area contributed by atoms with Crippen LogP contribution in [0, 0.1) is 0 Å². The molecule has 4 nitrogen and oxygen atoms in total. The molecular weight excluding hydrogens is 192 g/mol. The summed E-state index contributed by atoms with van der Waals surface area (Å²) in [4.78, 5) is 12.9. The summed E-state index contributed by atoms with van der Waals surface area (Å²) in [5.74, 6) is 0. The van der Waals surface area contributed by atoms with Gasteiger partial charge in [-0.15, -0.1) is 0 Å². The summed E-state index contributed by atoms with van der Waals surface area (Å²) in [6.45, 7) is 1.39. The number of nitrogens with two attached hydrogens (primary N) is 1. The number of nitrogens with zero attached hydrogens (tertiary/aromatic N) is 1. The number of benzene rings is 1. The van der Waals surface area contributed by atoms with E-state index in [2.05, 4.69) is 4.90 Å². The SMILES string of the molecule is CN1CC(OC(N)=O)(c2ccccc2)C1. The van der Waals surface area contributed by atoms with Gasteiger partial charge in [0.2, 0.25) is 0 Å². The van der Waals surface area contributed by atoms with Gasteiger partial charge in [0.05, 0.1) is 0 Å². The van der Waals surface area contributed by atoms with E-state index < -0.39 is 11.7 Å². The summed E-state index contributed by atoms with van der Waals surface area (Å²) in [6, 6.07) is 9.70. The van der Waals surface area contributed by atoms with Gasteiger partial charge in [0, 0.05) is 13.1 Å².